The van der Waals surface area contributed by atoms with E-state index < -0.39 is 0 Å². The largest absolute Gasteiger partial charge is 0.436 e. The molecule has 0 saturated carbocycles. The van der Waals surface area contributed by atoms with Gasteiger partial charge in [0, 0.05) is 28.1 Å². The zero-order valence-electron chi connectivity index (χ0n) is 16.5. The van der Waals surface area contributed by atoms with E-state index in [0.717, 1.165) is 16.3 Å². The first-order valence-electron chi connectivity index (χ1n) is 9.68. The number of hydrogen-bond acceptors (Lipinski definition) is 5. The van der Waals surface area contributed by atoms with Crippen LogP contribution in [0.25, 0.3) is 33.3 Å². The fourth-order valence-corrected chi connectivity index (χ4v) is 3.98. The van der Waals surface area contributed by atoms with E-state index in [4.69, 9.17) is 16.6 Å². The molecule has 32 heavy (non-hydrogen) atoms. The van der Waals surface area contributed by atoms with Gasteiger partial charge in [-0.15, -0.1) is 0 Å². The maximum absolute atomic E-state index is 12.4. The van der Waals surface area contributed by atoms with Crippen LogP contribution >= 0.6 is 28.1 Å². The van der Waals surface area contributed by atoms with Crippen molar-refractivity contribution in [2.24, 2.45) is 0 Å². The molecule has 0 bridgehead atoms. The summed E-state index contributed by atoms with van der Waals surface area (Å²) in [6.45, 7) is 0. The van der Waals surface area contributed by atoms with Gasteiger partial charge in [-0.05, 0) is 69.3 Å². The highest BCUT2D eigenvalue weighted by molar-refractivity contribution is 9.10. The van der Waals surface area contributed by atoms with Crippen LogP contribution in [-0.2, 0) is 0 Å². The van der Waals surface area contributed by atoms with Gasteiger partial charge in [0.15, 0.2) is 10.7 Å². The van der Waals surface area contributed by atoms with Gasteiger partial charge in [-0.25, -0.2) is 4.98 Å². The molecule has 2 aromatic heterocycles. The Morgan fingerprint density at radius 2 is 1.84 bits per heavy atom. The third-order valence-electron chi connectivity index (χ3n) is 4.86. The van der Waals surface area contributed by atoms with Crippen molar-refractivity contribution in [1.29, 1.82) is 0 Å². The molecule has 0 aliphatic heterocycles. The highest BCUT2D eigenvalue weighted by Gasteiger charge is 2.13. The van der Waals surface area contributed by atoms with Crippen LogP contribution < -0.4 is 10.6 Å². The van der Waals surface area contributed by atoms with Crippen molar-refractivity contribution in [3.05, 3.63) is 89.2 Å². The fraction of sp³-hybridized carbons (Fsp3) is 0. The summed E-state index contributed by atoms with van der Waals surface area (Å²) in [5.74, 6) is 0.198. The van der Waals surface area contributed by atoms with E-state index in [1.54, 1.807) is 12.3 Å². The SMILES string of the molecule is O=C(NC(=S)Nc1ccc2oc(-c3cccc4ccccc34)nc2c1)c1cncc(Br)c1. The van der Waals surface area contributed by atoms with E-state index in [-0.39, 0.29) is 11.0 Å². The molecular weight excluding hydrogens is 488 g/mol. The van der Waals surface area contributed by atoms with Crippen LogP contribution in [0.5, 0.6) is 0 Å². The number of nitrogens with one attached hydrogen (secondary N) is 2. The summed E-state index contributed by atoms with van der Waals surface area (Å²) in [6, 6.07) is 21.3. The molecule has 3 aromatic carbocycles. The van der Waals surface area contributed by atoms with E-state index in [9.17, 15) is 4.79 Å². The molecular formula is C24H15BrN4O2S. The number of fused-ring (bicyclic) bond motifs is 2. The molecule has 6 nitrogen and oxygen atoms in total. The summed E-state index contributed by atoms with van der Waals surface area (Å²) in [5.41, 5.74) is 3.36. The first-order chi connectivity index (χ1) is 15.6. The Morgan fingerprint density at radius 1 is 1.00 bits per heavy atom. The van der Waals surface area contributed by atoms with E-state index in [1.807, 2.05) is 42.5 Å². The van der Waals surface area contributed by atoms with Gasteiger partial charge >= 0.3 is 0 Å². The van der Waals surface area contributed by atoms with Crippen molar-refractivity contribution < 1.29 is 9.21 Å². The molecule has 0 saturated heterocycles. The lowest BCUT2D eigenvalue weighted by Gasteiger charge is -2.09. The van der Waals surface area contributed by atoms with E-state index >= 15 is 0 Å². The standard InChI is InChI=1S/C24H15BrN4O2S/c25-16-10-15(12-26-13-16)22(30)29-24(32)27-17-8-9-21-20(11-17)28-23(31-21)19-7-3-5-14-4-1-2-6-18(14)19/h1-13H,(H2,27,29,30,32). The average molecular weight is 503 g/mol. The number of carbonyl (C=O) groups excluding carboxylic acids is 1. The molecule has 5 rings (SSSR count). The van der Waals surface area contributed by atoms with Gasteiger partial charge in [-0.2, -0.15) is 0 Å². The summed E-state index contributed by atoms with van der Waals surface area (Å²) in [6.07, 6.45) is 3.08. The van der Waals surface area contributed by atoms with Crippen molar-refractivity contribution in [2.75, 3.05) is 5.32 Å². The number of anilines is 1. The molecule has 0 fully saturated rings. The first kappa shape index (κ1) is 20.3. The number of carbonyl (C=O) groups is 1. The summed E-state index contributed by atoms with van der Waals surface area (Å²) < 4.78 is 6.71. The molecule has 0 aliphatic carbocycles. The Morgan fingerprint density at radius 3 is 2.72 bits per heavy atom. The minimum absolute atomic E-state index is 0.173. The Kier molecular flexibility index (Phi) is 5.38. The summed E-state index contributed by atoms with van der Waals surface area (Å²) in [7, 11) is 0. The van der Waals surface area contributed by atoms with Gasteiger partial charge in [0.2, 0.25) is 5.89 Å². The van der Waals surface area contributed by atoms with Gasteiger partial charge in [0.05, 0.1) is 5.56 Å². The minimum atomic E-state index is -0.350. The van der Waals surface area contributed by atoms with Crippen LogP contribution in [0.1, 0.15) is 10.4 Å². The molecule has 2 heterocycles. The number of hydrogen-bond donors (Lipinski definition) is 2. The normalized spacial score (nSPS) is 10.9. The fourth-order valence-electron chi connectivity index (χ4n) is 3.41. The summed E-state index contributed by atoms with van der Waals surface area (Å²) in [4.78, 5) is 21.0. The molecule has 0 atom stereocenters. The molecule has 0 spiro atoms. The number of oxazole rings is 1. The lowest BCUT2D eigenvalue weighted by atomic mass is 10.0. The van der Waals surface area contributed by atoms with Crippen molar-refractivity contribution in [1.82, 2.24) is 15.3 Å². The lowest BCUT2D eigenvalue weighted by molar-refractivity contribution is 0.0977. The van der Waals surface area contributed by atoms with Gasteiger partial charge < -0.3 is 9.73 Å². The highest BCUT2D eigenvalue weighted by atomic mass is 79.9. The first-order valence-corrected chi connectivity index (χ1v) is 10.9. The third kappa shape index (κ3) is 4.10. The molecule has 156 valence electrons. The monoisotopic (exact) mass is 502 g/mol. The molecule has 1 amide bonds. The lowest BCUT2D eigenvalue weighted by Crippen LogP contribution is -2.34. The number of pyridine rings is 1. The summed E-state index contributed by atoms with van der Waals surface area (Å²) >= 11 is 8.58. The minimum Gasteiger partial charge on any atom is -0.436 e. The average Bonchev–Trinajstić information content (AvgIpc) is 3.22. The molecule has 2 N–H and O–H groups in total. The number of amides is 1. The Balaban J connectivity index is 1.37. The maximum atomic E-state index is 12.4. The van der Waals surface area contributed by atoms with Crippen molar-refractivity contribution in [3.63, 3.8) is 0 Å². The predicted octanol–water partition coefficient (Wildman–Crippen LogP) is 5.93. The molecule has 5 aromatic rings. The Bertz CT molecular complexity index is 1490. The van der Waals surface area contributed by atoms with Crippen molar-refractivity contribution in [2.45, 2.75) is 0 Å². The van der Waals surface area contributed by atoms with Gasteiger partial charge in [0.1, 0.15) is 5.52 Å². The number of aromatic nitrogens is 2. The number of thiocarbonyl (C=S) groups is 1. The zero-order valence-corrected chi connectivity index (χ0v) is 18.9. The molecule has 0 aliphatic rings. The Hall–Kier alpha value is -3.62. The van der Waals surface area contributed by atoms with Crippen molar-refractivity contribution in [3.8, 4) is 11.5 Å². The number of halogens is 1. The highest BCUT2D eigenvalue weighted by Crippen LogP contribution is 2.31. The van der Waals surface area contributed by atoms with Crippen LogP contribution in [-0.4, -0.2) is 21.0 Å². The maximum Gasteiger partial charge on any atom is 0.259 e. The second kappa shape index (κ2) is 8.49. The third-order valence-corrected chi connectivity index (χ3v) is 5.50. The van der Waals surface area contributed by atoms with Gasteiger partial charge in [0.25, 0.3) is 5.91 Å². The number of benzene rings is 3. The predicted molar refractivity (Wildman–Crippen MR) is 133 cm³/mol. The molecule has 0 radical (unpaired) electrons. The zero-order chi connectivity index (χ0) is 22.1. The molecule has 8 heteroatoms. The van der Waals surface area contributed by atoms with E-state index in [0.29, 0.717) is 32.7 Å². The number of nitrogens with zero attached hydrogens (tertiary/aromatic N) is 2. The second-order valence-electron chi connectivity index (χ2n) is 7.03. The van der Waals surface area contributed by atoms with E-state index in [2.05, 4.69) is 54.7 Å². The van der Waals surface area contributed by atoms with Crippen LogP contribution in [0.4, 0.5) is 5.69 Å². The van der Waals surface area contributed by atoms with Crippen molar-refractivity contribution >= 4 is 66.7 Å². The molecule has 0 unspecified atom stereocenters. The Labute approximate surface area is 196 Å². The van der Waals surface area contributed by atoms with Crippen LogP contribution in [0.2, 0.25) is 0 Å². The van der Waals surface area contributed by atoms with Crippen LogP contribution in [0, 0.1) is 0 Å². The smallest absolute Gasteiger partial charge is 0.259 e. The van der Waals surface area contributed by atoms with Crippen LogP contribution in [0.3, 0.4) is 0 Å². The second-order valence-corrected chi connectivity index (χ2v) is 8.35. The summed E-state index contributed by atoms with van der Waals surface area (Å²) in [5, 5.41) is 8.03. The van der Waals surface area contributed by atoms with Gasteiger partial charge in [-0.1, -0.05) is 36.4 Å². The van der Waals surface area contributed by atoms with Crippen LogP contribution in [0.15, 0.2) is 88.0 Å². The topological polar surface area (TPSA) is 80.0 Å². The van der Waals surface area contributed by atoms with E-state index in [1.165, 1.54) is 6.20 Å². The quantitative estimate of drug-likeness (QED) is 0.297. The number of rotatable bonds is 3. The van der Waals surface area contributed by atoms with Gasteiger partial charge in [-0.3, -0.25) is 15.1 Å².